The van der Waals surface area contributed by atoms with Crippen LogP contribution < -0.4 is 10.6 Å². The Morgan fingerprint density at radius 3 is 3.05 bits per heavy atom. The first-order valence-corrected chi connectivity index (χ1v) is 7.45. The minimum atomic E-state index is -0.559. The maximum atomic E-state index is 12.1. The van der Waals surface area contributed by atoms with Gasteiger partial charge >= 0.3 is 0 Å². The number of amides is 1. The average molecular weight is 296 g/mol. The van der Waals surface area contributed by atoms with Gasteiger partial charge in [0.2, 0.25) is 0 Å². The molecular weight excluding hydrogens is 280 g/mol. The van der Waals surface area contributed by atoms with Crippen molar-refractivity contribution in [3.05, 3.63) is 27.9 Å². The van der Waals surface area contributed by atoms with Crippen molar-refractivity contribution in [3.63, 3.8) is 0 Å². The van der Waals surface area contributed by atoms with Crippen LogP contribution in [0.5, 0.6) is 0 Å². The third-order valence-corrected chi connectivity index (χ3v) is 4.37. The quantitative estimate of drug-likeness (QED) is 0.631. The van der Waals surface area contributed by atoms with E-state index in [1.54, 1.807) is 7.05 Å². The Kier molecular flexibility index (Phi) is 4.78. The number of anilines is 1. The molecule has 1 amide bonds. The second-order valence-electron chi connectivity index (χ2n) is 4.54. The number of aromatic nitrogens is 1. The molecule has 1 aliphatic heterocycles. The predicted octanol–water partition coefficient (Wildman–Crippen LogP) is 1.51. The van der Waals surface area contributed by atoms with Gasteiger partial charge in [-0.15, -0.1) is 0 Å². The van der Waals surface area contributed by atoms with Crippen LogP contribution in [0, 0.1) is 16.0 Å². The number of nitrogens with zero attached hydrogens (tertiary/aromatic N) is 2. The van der Waals surface area contributed by atoms with Gasteiger partial charge in [0.1, 0.15) is 12.0 Å². The SMILES string of the molecule is CNc1ncc([N+](=O)[O-])cc1C(=O)NCC1CCSC1. The number of hydrogen-bond donors (Lipinski definition) is 2. The summed E-state index contributed by atoms with van der Waals surface area (Å²) in [6.07, 6.45) is 2.23. The average Bonchev–Trinajstić information content (AvgIpc) is 2.97. The summed E-state index contributed by atoms with van der Waals surface area (Å²) in [6, 6.07) is 1.25. The number of thioether (sulfide) groups is 1. The second-order valence-corrected chi connectivity index (χ2v) is 5.69. The van der Waals surface area contributed by atoms with E-state index in [0.29, 0.717) is 18.3 Å². The molecule has 0 spiro atoms. The molecular formula is C12H16N4O3S. The molecule has 20 heavy (non-hydrogen) atoms. The van der Waals surface area contributed by atoms with Gasteiger partial charge in [0.25, 0.3) is 11.6 Å². The van der Waals surface area contributed by atoms with Crippen LogP contribution in [0.4, 0.5) is 11.5 Å². The van der Waals surface area contributed by atoms with Crippen molar-refractivity contribution in [3.8, 4) is 0 Å². The van der Waals surface area contributed by atoms with Crippen molar-refractivity contribution < 1.29 is 9.72 Å². The fourth-order valence-corrected chi connectivity index (χ4v) is 3.29. The number of pyridine rings is 1. The van der Waals surface area contributed by atoms with Crippen molar-refractivity contribution in [1.29, 1.82) is 0 Å². The largest absolute Gasteiger partial charge is 0.372 e. The first kappa shape index (κ1) is 14.6. The standard InChI is InChI=1S/C12H16N4O3S/c1-13-11-10(4-9(6-14-11)16(18)19)12(17)15-5-8-2-3-20-7-8/h4,6,8H,2-3,5,7H2,1H3,(H,13,14)(H,15,17). The van der Waals surface area contributed by atoms with Crippen molar-refractivity contribution in [2.45, 2.75) is 6.42 Å². The third kappa shape index (κ3) is 3.38. The molecule has 1 aliphatic rings. The molecule has 1 aromatic heterocycles. The van der Waals surface area contributed by atoms with E-state index in [4.69, 9.17) is 0 Å². The van der Waals surface area contributed by atoms with Gasteiger partial charge in [-0.05, 0) is 23.8 Å². The molecule has 1 saturated heterocycles. The van der Waals surface area contributed by atoms with Crippen LogP contribution in [0.1, 0.15) is 16.8 Å². The Morgan fingerprint density at radius 2 is 2.45 bits per heavy atom. The van der Waals surface area contributed by atoms with Crippen LogP contribution in [0.15, 0.2) is 12.3 Å². The van der Waals surface area contributed by atoms with Crippen LogP contribution in [0.2, 0.25) is 0 Å². The summed E-state index contributed by atoms with van der Waals surface area (Å²) in [5.41, 5.74) is 0.0120. The van der Waals surface area contributed by atoms with Gasteiger partial charge in [0.15, 0.2) is 0 Å². The van der Waals surface area contributed by atoms with Crippen molar-refractivity contribution in [2.24, 2.45) is 5.92 Å². The zero-order chi connectivity index (χ0) is 14.5. The molecule has 1 unspecified atom stereocenters. The number of rotatable bonds is 5. The molecule has 2 N–H and O–H groups in total. The minimum absolute atomic E-state index is 0.189. The van der Waals surface area contributed by atoms with Crippen molar-refractivity contribution in [1.82, 2.24) is 10.3 Å². The molecule has 1 aromatic rings. The Labute approximate surface area is 120 Å². The maximum Gasteiger partial charge on any atom is 0.288 e. The van der Waals surface area contributed by atoms with E-state index in [2.05, 4.69) is 15.6 Å². The molecule has 1 atom stereocenters. The molecule has 0 aliphatic carbocycles. The lowest BCUT2D eigenvalue weighted by atomic mass is 10.1. The number of hydrogen-bond acceptors (Lipinski definition) is 6. The first-order valence-electron chi connectivity index (χ1n) is 6.30. The highest BCUT2D eigenvalue weighted by Crippen LogP contribution is 2.23. The molecule has 108 valence electrons. The van der Waals surface area contributed by atoms with Crippen LogP contribution in [-0.4, -0.2) is 40.9 Å². The van der Waals surface area contributed by atoms with Crippen LogP contribution in [-0.2, 0) is 0 Å². The van der Waals surface area contributed by atoms with Gasteiger partial charge in [-0.2, -0.15) is 11.8 Å². The third-order valence-electron chi connectivity index (χ3n) is 3.14. The summed E-state index contributed by atoms with van der Waals surface area (Å²) < 4.78 is 0. The zero-order valence-electron chi connectivity index (χ0n) is 11.1. The molecule has 0 aromatic carbocycles. The number of carbonyl (C=O) groups is 1. The summed E-state index contributed by atoms with van der Waals surface area (Å²) in [5.74, 6) is 2.66. The van der Waals surface area contributed by atoms with Crippen molar-refractivity contribution in [2.75, 3.05) is 30.4 Å². The summed E-state index contributed by atoms with van der Waals surface area (Å²) in [5, 5.41) is 16.4. The number of nitro groups is 1. The molecule has 0 bridgehead atoms. The predicted molar refractivity (Wildman–Crippen MR) is 78.2 cm³/mol. The molecule has 2 heterocycles. The van der Waals surface area contributed by atoms with Crippen LogP contribution in [0.3, 0.4) is 0 Å². The van der Waals surface area contributed by atoms with E-state index in [1.807, 2.05) is 11.8 Å². The number of carbonyl (C=O) groups excluding carboxylic acids is 1. The van der Waals surface area contributed by atoms with Gasteiger partial charge in [-0.3, -0.25) is 14.9 Å². The van der Waals surface area contributed by atoms with Gasteiger partial charge in [0.05, 0.1) is 10.5 Å². The van der Waals surface area contributed by atoms with E-state index in [9.17, 15) is 14.9 Å². The van der Waals surface area contributed by atoms with E-state index < -0.39 is 4.92 Å². The maximum absolute atomic E-state index is 12.1. The van der Waals surface area contributed by atoms with E-state index in [1.165, 1.54) is 6.07 Å². The lowest BCUT2D eigenvalue weighted by molar-refractivity contribution is -0.385. The van der Waals surface area contributed by atoms with Crippen molar-refractivity contribution >= 4 is 29.2 Å². The van der Waals surface area contributed by atoms with E-state index >= 15 is 0 Å². The summed E-state index contributed by atoms with van der Waals surface area (Å²) in [6.45, 7) is 0.595. The summed E-state index contributed by atoms with van der Waals surface area (Å²) in [4.78, 5) is 26.2. The highest BCUT2D eigenvalue weighted by molar-refractivity contribution is 7.99. The van der Waals surface area contributed by atoms with Crippen LogP contribution in [0.25, 0.3) is 0 Å². The molecule has 8 heteroatoms. The smallest absolute Gasteiger partial charge is 0.288 e. The first-order chi connectivity index (χ1) is 9.61. The molecule has 0 radical (unpaired) electrons. The highest BCUT2D eigenvalue weighted by atomic mass is 32.2. The van der Waals surface area contributed by atoms with Gasteiger partial charge < -0.3 is 10.6 Å². The lowest BCUT2D eigenvalue weighted by Gasteiger charge is -2.11. The summed E-state index contributed by atoms with van der Waals surface area (Å²) in [7, 11) is 1.62. The van der Waals surface area contributed by atoms with E-state index in [0.717, 1.165) is 24.1 Å². The van der Waals surface area contributed by atoms with E-state index in [-0.39, 0.29) is 17.2 Å². The highest BCUT2D eigenvalue weighted by Gasteiger charge is 2.20. The normalized spacial score (nSPS) is 17.8. The fourth-order valence-electron chi connectivity index (χ4n) is 2.00. The van der Waals surface area contributed by atoms with Gasteiger partial charge in [-0.25, -0.2) is 4.98 Å². The lowest BCUT2D eigenvalue weighted by Crippen LogP contribution is -2.30. The molecule has 1 fully saturated rings. The monoisotopic (exact) mass is 296 g/mol. The second kappa shape index (κ2) is 6.56. The fraction of sp³-hybridized carbons (Fsp3) is 0.500. The van der Waals surface area contributed by atoms with Crippen LogP contribution >= 0.6 is 11.8 Å². The molecule has 2 rings (SSSR count). The van der Waals surface area contributed by atoms with Gasteiger partial charge in [-0.1, -0.05) is 0 Å². The zero-order valence-corrected chi connectivity index (χ0v) is 11.9. The Morgan fingerprint density at radius 1 is 1.65 bits per heavy atom. The Bertz CT molecular complexity index is 517. The Hall–Kier alpha value is -1.83. The minimum Gasteiger partial charge on any atom is -0.372 e. The molecule has 0 saturated carbocycles. The summed E-state index contributed by atoms with van der Waals surface area (Å²) >= 11 is 1.88. The topological polar surface area (TPSA) is 97.2 Å². The number of nitrogens with one attached hydrogen (secondary N) is 2. The van der Waals surface area contributed by atoms with Gasteiger partial charge in [0, 0.05) is 19.7 Å². The Balaban J connectivity index is 2.10. The molecule has 7 nitrogen and oxygen atoms in total.